The Kier molecular flexibility index (Phi) is 3.78. The maximum atomic E-state index is 11.5. The molecule has 0 aromatic rings. The lowest BCUT2D eigenvalue weighted by molar-refractivity contribution is -0.141. The van der Waals surface area contributed by atoms with Gasteiger partial charge in [-0.2, -0.15) is 0 Å². The zero-order chi connectivity index (χ0) is 11.1. The highest BCUT2D eigenvalue weighted by atomic mass is 16.5. The van der Waals surface area contributed by atoms with Gasteiger partial charge in [0.25, 0.3) is 0 Å². The molecule has 2 N–H and O–H groups in total. The number of hydrogen-bond acceptors (Lipinski definition) is 3. The van der Waals surface area contributed by atoms with Crippen molar-refractivity contribution in [3.63, 3.8) is 0 Å². The number of rotatable bonds is 2. The summed E-state index contributed by atoms with van der Waals surface area (Å²) in [5.41, 5.74) is 2.02. The molecule has 87 valence electrons. The van der Waals surface area contributed by atoms with Gasteiger partial charge in [-0.1, -0.05) is 0 Å². The fraction of sp³-hybridized carbons (Fsp3) is 0.818. The smallest absolute Gasteiger partial charge is 0.247 e. The summed E-state index contributed by atoms with van der Waals surface area (Å²) in [5, 5.41) is 8.67. The molecule has 0 aromatic heterocycles. The van der Waals surface area contributed by atoms with E-state index in [1.807, 2.05) is 0 Å². The average Bonchev–Trinajstić information content (AvgIpc) is 2.96. The Hall–Kier alpha value is -0.835. The van der Waals surface area contributed by atoms with E-state index < -0.39 is 0 Å². The molecule has 0 aliphatic heterocycles. The fourth-order valence-electron chi connectivity index (χ4n) is 2.85. The van der Waals surface area contributed by atoms with E-state index in [4.69, 9.17) is 5.21 Å². The normalized spacial score (nSPS) is 30.4. The molecule has 2 fully saturated rings. The molecule has 1 amide bonds. The van der Waals surface area contributed by atoms with Crippen LogP contribution in [0.25, 0.3) is 0 Å². The second-order valence-corrected chi connectivity index (χ2v) is 5.04. The Morgan fingerprint density at radius 1 is 1.25 bits per heavy atom. The predicted octanol–water partition coefficient (Wildman–Crippen LogP) is 0.896. The van der Waals surface area contributed by atoms with Crippen molar-refractivity contribution >= 4 is 20.1 Å². The Morgan fingerprint density at radius 2 is 1.88 bits per heavy atom. The van der Waals surface area contributed by atoms with E-state index in [9.17, 15) is 9.59 Å². The lowest BCUT2D eigenvalue weighted by Crippen LogP contribution is -2.40. The van der Waals surface area contributed by atoms with Gasteiger partial charge in [-0.05, 0) is 44.4 Å². The third-order valence-electron chi connectivity index (χ3n) is 4.05. The van der Waals surface area contributed by atoms with Gasteiger partial charge in [-0.25, -0.2) is 5.48 Å². The lowest BCUT2D eigenvalue weighted by atomic mass is 9.70. The van der Waals surface area contributed by atoms with Gasteiger partial charge in [-0.15, -0.1) is 0 Å². The summed E-state index contributed by atoms with van der Waals surface area (Å²) in [6, 6.07) is 0. The molecule has 2 aliphatic carbocycles. The Balaban J connectivity index is 0.00000128. The van der Waals surface area contributed by atoms with Crippen molar-refractivity contribution in [2.45, 2.75) is 39.0 Å². The summed E-state index contributed by atoms with van der Waals surface area (Å²) in [5.74, 6) is -0.826. The number of hydrogen-bond donors (Lipinski definition) is 2. The molecule has 2 rings (SSSR count). The minimum atomic E-state index is -0.388. The van der Waals surface area contributed by atoms with Crippen LogP contribution in [0.1, 0.15) is 39.0 Å². The maximum Gasteiger partial charge on any atom is 0.247 e. The van der Waals surface area contributed by atoms with E-state index in [0.29, 0.717) is 5.41 Å². The van der Waals surface area contributed by atoms with Crippen LogP contribution >= 0.6 is 0 Å². The molecule has 2 unspecified atom stereocenters. The Labute approximate surface area is 97.3 Å². The highest BCUT2D eigenvalue weighted by Crippen LogP contribution is 2.58. The van der Waals surface area contributed by atoms with E-state index >= 15 is 0 Å². The molecule has 2 aliphatic rings. The third kappa shape index (κ3) is 2.29. The molecule has 1 spiro atoms. The molecule has 2 saturated carbocycles. The zero-order valence-electron chi connectivity index (χ0n) is 9.53. The SMILES string of the molecule is CC(=O)C1CCC2(CC2)CC1C(=O)NO.[B]. The summed E-state index contributed by atoms with van der Waals surface area (Å²) in [6.07, 6.45) is 4.98. The predicted molar refractivity (Wildman–Crippen MR) is 58.9 cm³/mol. The summed E-state index contributed by atoms with van der Waals surface area (Å²) in [4.78, 5) is 22.9. The van der Waals surface area contributed by atoms with Crippen LogP contribution in [0.2, 0.25) is 0 Å². The summed E-state index contributed by atoms with van der Waals surface area (Å²) in [6.45, 7) is 1.53. The number of Topliss-reactive ketones (excluding diaryl/α,β-unsaturated/α-hetero) is 1. The molecule has 4 nitrogen and oxygen atoms in total. The first-order valence-corrected chi connectivity index (χ1v) is 5.52. The number of ketones is 1. The second kappa shape index (κ2) is 4.57. The standard InChI is InChI=1S/C11H17NO3.B/c1-7(13)8-2-3-11(4-5-11)6-9(8)10(14)12-15;/h8-9,15H,2-6H2,1H3,(H,12,14);. The van der Waals surface area contributed by atoms with Crippen molar-refractivity contribution in [3.8, 4) is 0 Å². The highest BCUT2D eigenvalue weighted by Gasteiger charge is 2.51. The molecule has 2 atom stereocenters. The van der Waals surface area contributed by atoms with Crippen LogP contribution in [0, 0.1) is 17.3 Å². The molecule has 3 radical (unpaired) electrons. The van der Waals surface area contributed by atoms with E-state index in [-0.39, 0.29) is 31.9 Å². The highest BCUT2D eigenvalue weighted by molar-refractivity contribution is 5.87. The van der Waals surface area contributed by atoms with E-state index in [0.717, 1.165) is 19.3 Å². The van der Waals surface area contributed by atoms with Crippen LogP contribution in [-0.2, 0) is 9.59 Å². The molecule has 0 bridgehead atoms. The van der Waals surface area contributed by atoms with Crippen LogP contribution in [0.3, 0.4) is 0 Å². The van der Waals surface area contributed by atoms with Crippen molar-refractivity contribution < 1.29 is 14.8 Å². The monoisotopic (exact) mass is 222 g/mol. The molecule has 0 heterocycles. The largest absolute Gasteiger partial charge is 0.300 e. The number of carbonyl (C=O) groups is 2. The molecule has 16 heavy (non-hydrogen) atoms. The first-order chi connectivity index (χ1) is 7.08. The molecule has 5 heteroatoms. The number of hydroxylamine groups is 1. The molecular formula is C11H17BNO3. The van der Waals surface area contributed by atoms with Crippen molar-refractivity contribution in [2.75, 3.05) is 0 Å². The van der Waals surface area contributed by atoms with E-state index in [1.165, 1.54) is 19.8 Å². The zero-order valence-corrected chi connectivity index (χ0v) is 9.53. The fourth-order valence-corrected chi connectivity index (χ4v) is 2.85. The van der Waals surface area contributed by atoms with Crippen LogP contribution in [-0.4, -0.2) is 25.3 Å². The second-order valence-electron chi connectivity index (χ2n) is 5.04. The van der Waals surface area contributed by atoms with E-state index in [2.05, 4.69) is 0 Å². The Bertz CT molecular complexity index is 302. The van der Waals surface area contributed by atoms with Crippen LogP contribution < -0.4 is 5.48 Å². The van der Waals surface area contributed by atoms with Gasteiger partial charge in [0.15, 0.2) is 0 Å². The molecule has 0 saturated heterocycles. The summed E-state index contributed by atoms with van der Waals surface area (Å²) in [7, 11) is 0. The molecular weight excluding hydrogens is 205 g/mol. The van der Waals surface area contributed by atoms with Crippen LogP contribution in [0.4, 0.5) is 0 Å². The Morgan fingerprint density at radius 3 is 2.31 bits per heavy atom. The lowest BCUT2D eigenvalue weighted by Gasteiger charge is -2.33. The van der Waals surface area contributed by atoms with Gasteiger partial charge in [0.2, 0.25) is 5.91 Å². The third-order valence-corrected chi connectivity index (χ3v) is 4.05. The average molecular weight is 222 g/mol. The topological polar surface area (TPSA) is 66.4 Å². The van der Waals surface area contributed by atoms with Crippen molar-refractivity contribution in [2.24, 2.45) is 17.3 Å². The number of carbonyl (C=O) groups excluding carboxylic acids is 2. The quantitative estimate of drug-likeness (QED) is 0.414. The summed E-state index contributed by atoms with van der Waals surface area (Å²) >= 11 is 0. The van der Waals surface area contributed by atoms with Crippen molar-refractivity contribution in [1.29, 1.82) is 0 Å². The minimum absolute atomic E-state index is 0. The first kappa shape index (κ1) is 13.2. The summed E-state index contributed by atoms with van der Waals surface area (Å²) < 4.78 is 0. The van der Waals surface area contributed by atoms with Gasteiger partial charge < -0.3 is 0 Å². The van der Waals surface area contributed by atoms with Crippen LogP contribution in [0.15, 0.2) is 0 Å². The minimum Gasteiger partial charge on any atom is -0.300 e. The molecule has 0 aromatic carbocycles. The van der Waals surface area contributed by atoms with Crippen molar-refractivity contribution in [1.82, 2.24) is 5.48 Å². The van der Waals surface area contributed by atoms with Gasteiger partial charge >= 0.3 is 0 Å². The van der Waals surface area contributed by atoms with Gasteiger partial charge in [0, 0.05) is 14.3 Å². The van der Waals surface area contributed by atoms with Gasteiger partial charge in [0.05, 0.1) is 5.92 Å². The van der Waals surface area contributed by atoms with Crippen molar-refractivity contribution in [3.05, 3.63) is 0 Å². The maximum absolute atomic E-state index is 11.5. The number of amides is 1. The van der Waals surface area contributed by atoms with Gasteiger partial charge in [-0.3, -0.25) is 14.8 Å². The number of nitrogens with one attached hydrogen (secondary N) is 1. The van der Waals surface area contributed by atoms with Gasteiger partial charge in [0.1, 0.15) is 5.78 Å². The van der Waals surface area contributed by atoms with E-state index in [1.54, 1.807) is 5.48 Å². The van der Waals surface area contributed by atoms with Crippen LogP contribution in [0.5, 0.6) is 0 Å². The first-order valence-electron chi connectivity index (χ1n) is 5.52.